The highest BCUT2D eigenvalue weighted by molar-refractivity contribution is 5.34. The van der Waals surface area contributed by atoms with Gasteiger partial charge in [-0.25, -0.2) is 0 Å². The summed E-state index contributed by atoms with van der Waals surface area (Å²) in [7, 11) is 0. The van der Waals surface area contributed by atoms with Gasteiger partial charge in [-0.3, -0.25) is 0 Å². The predicted octanol–water partition coefficient (Wildman–Crippen LogP) is 4.54. The van der Waals surface area contributed by atoms with E-state index in [0.717, 1.165) is 19.3 Å². The zero-order chi connectivity index (χ0) is 14.9. The van der Waals surface area contributed by atoms with Crippen LogP contribution >= 0.6 is 0 Å². The zero-order valence-electron chi connectivity index (χ0n) is 13.0. The molecule has 1 heteroatoms. The van der Waals surface area contributed by atoms with Crippen molar-refractivity contribution in [2.24, 2.45) is 0 Å². The van der Waals surface area contributed by atoms with E-state index in [2.05, 4.69) is 55.5 Å². The van der Waals surface area contributed by atoms with Gasteiger partial charge >= 0.3 is 0 Å². The largest absolute Gasteiger partial charge is 0.396 e. The molecule has 0 unspecified atom stereocenters. The summed E-state index contributed by atoms with van der Waals surface area (Å²) < 4.78 is 0. The first-order valence-corrected chi connectivity index (χ1v) is 8.08. The predicted molar refractivity (Wildman–Crippen MR) is 89.7 cm³/mol. The van der Waals surface area contributed by atoms with Gasteiger partial charge in [0, 0.05) is 6.61 Å². The summed E-state index contributed by atoms with van der Waals surface area (Å²) in [5.74, 6) is 0. The SMILES string of the molecule is CCCCCc1cc(CCO)cc(Cc2ccccc2)c1. The topological polar surface area (TPSA) is 20.2 Å². The molecule has 0 radical (unpaired) electrons. The molecule has 0 aliphatic rings. The van der Waals surface area contributed by atoms with Gasteiger partial charge in [0.15, 0.2) is 0 Å². The fraction of sp³-hybridized carbons (Fsp3) is 0.400. The van der Waals surface area contributed by atoms with E-state index in [4.69, 9.17) is 0 Å². The van der Waals surface area contributed by atoms with E-state index in [1.165, 1.54) is 41.5 Å². The van der Waals surface area contributed by atoms with Crippen molar-refractivity contribution in [1.29, 1.82) is 0 Å². The summed E-state index contributed by atoms with van der Waals surface area (Å²) in [5.41, 5.74) is 5.38. The van der Waals surface area contributed by atoms with Crippen molar-refractivity contribution in [2.45, 2.75) is 45.4 Å². The van der Waals surface area contributed by atoms with Crippen LogP contribution in [0.15, 0.2) is 48.5 Å². The fourth-order valence-corrected chi connectivity index (χ4v) is 2.77. The van der Waals surface area contributed by atoms with Crippen molar-refractivity contribution in [3.8, 4) is 0 Å². The minimum Gasteiger partial charge on any atom is -0.396 e. The molecule has 0 heterocycles. The van der Waals surface area contributed by atoms with Crippen LogP contribution < -0.4 is 0 Å². The Labute approximate surface area is 128 Å². The molecule has 0 fully saturated rings. The summed E-state index contributed by atoms with van der Waals surface area (Å²) in [6.07, 6.45) is 6.68. The molecule has 112 valence electrons. The Balaban J connectivity index is 2.14. The maximum absolute atomic E-state index is 9.21. The van der Waals surface area contributed by atoms with Gasteiger partial charge in [0.2, 0.25) is 0 Å². The second-order valence-corrected chi connectivity index (χ2v) is 5.75. The maximum atomic E-state index is 9.21. The molecule has 0 saturated carbocycles. The Bertz CT molecular complexity index is 531. The number of aliphatic hydroxyl groups excluding tert-OH is 1. The Kier molecular flexibility index (Phi) is 6.49. The number of aliphatic hydroxyl groups is 1. The number of aryl methyl sites for hydroxylation is 1. The van der Waals surface area contributed by atoms with Crippen molar-refractivity contribution in [2.75, 3.05) is 6.61 Å². The molecule has 2 aromatic carbocycles. The molecule has 2 aromatic rings. The van der Waals surface area contributed by atoms with Gasteiger partial charge in [0.05, 0.1) is 0 Å². The van der Waals surface area contributed by atoms with Crippen molar-refractivity contribution in [3.63, 3.8) is 0 Å². The molecule has 2 rings (SSSR count). The smallest absolute Gasteiger partial charge is 0.0471 e. The van der Waals surface area contributed by atoms with Gasteiger partial charge in [-0.15, -0.1) is 0 Å². The molecule has 0 aromatic heterocycles. The first kappa shape index (κ1) is 15.8. The number of unbranched alkanes of at least 4 members (excludes halogenated alkanes) is 2. The van der Waals surface area contributed by atoms with Crippen LogP contribution in [-0.4, -0.2) is 11.7 Å². The number of hydrogen-bond acceptors (Lipinski definition) is 1. The second kappa shape index (κ2) is 8.63. The maximum Gasteiger partial charge on any atom is 0.0471 e. The fourth-order valence-electron chi connectivity index (χ4n) is 2.77. The lowest BCUT2D eigenvalue weighted by Gasteiger charge is -2.10. The number of rotatable bonds is 8. The van der Waals surface area contributed by atoms with Gasteiger partial charge in [-0.2, -0.15) is 0 Å². The Morgan fingerprint density at radius 3 is 2.10 bits per heavy atom. The number of hydrogen-bond donors (Lipinski definition) is 1. The Hall–Kier alpha value is -1.60. The van der Waals surface area contributed by atoms with E-state index in [-0.39, 0.29) is 6.61 Å². The highest BCUT2D eigenvalue weighted by Gasteiger charge is 2.03. The third kappa shape index (κ3) is 5.35. The quantitative estimate of drug-likeness (QED) is 0.704. The lowest BCUT2D eigenvalue weighted by molar-refractivity contribution is 0.299. The third-order valence-corrected chi connectivity index (χ3v) is 3.83. The molecular weight excluding hydrogens is 256 g/mol. The molecular formula is C20H26O. The third-order valence-electron chi connectivity index (χ3n) is 3.83. The van der Waals surface area contributed by atoms with Gasteiger partial charge in [-0.05, 0) is 47.9 Å². The van der Waals surface area contributed by atoms with E-state index in [9.17, 15) is 5.11 Å². The Morgan fingerprint density at radius 1 is 0.762 bits per heavy atom. The van der Waals surface area contributed by atoms with Crippen LogP contribution in [-0.2, 0) is 19.3 Å². The van der Waals surface area contributed by atoms with Gasteiger partial charge in [-0.1, -0.05) is 68.3 Å². The van der Waals surface area contributed by atoms with Gasteiger partial charge < -0.3 is 5.11 Å². The normalized spacial score (nSPS) is 10.8. The van der Waals surface area contributed by atoms with Crippen LogP contribution in [0.25, 0.3) is 0 Å². The standard InChI is InChI=1S/C20H26O/c1-2-3-5-10-18-14-19(11-12-21)16-20(15-18)13-17-8-6-4-7-9-17/h4,6-9,14-16,21H,2-3,5,10-13H2,1H3. The average Bonchev–Trinajstić information content (AvgIpc) is 2.49. The zero-order valence-corrected chi connectivity index (χ0v) is 13.0. The van der Waals surface area contributed by atoms with E-state index < -0.39 is 0 Å². The van der Waals surface area contributed by atoms with Crippen molar-refractivity contribution in [1.82, 2.24) is 0 Å². The van der Waals surface area contributed by atoms with Crippen LogP contribution in [0, 0.1) is 0 Å². The van der Waals surface area contributed by atoms with E-state index >= 15 is 0 Å². The molecule has 0 aliphatic heterocycles. The first-order valence-electron chi connectivity index (χ1n) is 8.08. The van der Waals surface area contributed by atoms with Crippen LogP contribution in [0.3, 0.4) is 0 Å². The minimum absolute atomic E-state index is 0.225. The second-order valence-electron chi connectivity index (χ2n) is 5.75. The van der Waals surface area contributed by atoms with Crippen LogP contribution in [0.2, 0.25) is 0 Å². The molecule has 1 nitrogen and oxygen atoms in total. The van der Waals surface area contributed by atoms with Crippen LogP contribution in [0.4, 0.5) is 0 Å². The molecule has 0 amide bonds. The molecule has 1 N–H and O–H groups in total. The monoisotopic (exact) mass is 282 g/mol. The molecule has 0 aliphatic carbocycles. The van der Waals surface area contributed by atoms with E-state index in [0.29, 0.717) is 0 Å². The summed E-state index contributed by atoms with van der Waals surface area (Å²) in [4.78, 5) is 0. The van der Waals surface area contributed by atoms with Crippen LogP contribution in [0.5, 0.6) is 0 Å². The minimum atomic E-state index is 0.225. The van der Waals surface area contributed by atoms with Gasteiger partial charge in [0.1, 0.15) is 0 Å². The average molecular weight is 282 g/mol. The highest BCUT2D eigenvalue weighted by atomic mass is 16.2. The molecule has 0 spiro atoms. The van der Waals surface area contributed by atoms with E-state index in [1.807, 2.05) is 0 Å². The van der Waals surface area contributed by atoms with Crippen molar-refractivity contribution >= 4 is 0 Å². The summed E-state index contributed by atoms with van der Waals surface area (Å²) in [6, 6.07) is 17.4. The van der Waals surface area contributed by atoms with Crippen LogP contribution in [0.1, 0.15) is 48.4 Å². The molecule has 0 atom stereocenters. The lowest BCUT2D eigenvalue weighted by Crippen LogP contribution is -1.98. The van der Waals surface area contributed by atoms with Gasteiger partial charge in [0.25, 0.3) is 0 Å². The molecule has 0 saturated heterocycles. The van der Waals surface area contributed by atoms with E-state index in [1.54, 1.807) is 0 Å². The molecule has 0 bridgehead atoms. The lowest BCUT2D eigenvalue weighted by atomic mass is 9.96. The van der Waals surface area contributed by atoms with Crippen molar-refractivity contribution < 1.29 is 5.11 Å². The summed E-state index contributed by atoms with van der Waals surface area (Å²) in [6.45, 7) is 2.46. The highest BCUT2D eigenvalue weighted by Crippen LogP contribution is 2.17. The first-order chi connectivity index (χ1) is 10.3. The summed E-state index contributed by atoms with van der Waals surface area (Å²) in [5, 5.41) is 9.21. The van der Waals surface area contributed by atoms with Crippen molar-refractivity contribution in [3.05, 3.63) is 70.8 Å². The number of benzene rings is 2. The summed E-state index contributed by atoms with van der Waals surface area (Å²) >= 11 is 0. The Morgan fingerprint density at radius 2 is 1.43 bits per heavy atom. The molecule has 21 heavy (non-hydrogen) atoms.